The van der Waals surface area contributed by atoms with Gasteiger partial charge in [-0.1, -0.05) is 23.2 Å². The zero-order valence-corrected chi connectivity index (χ0v) is 14.8. The lowest BCUT2D eigenvalue weighted by atomic mass is 10.2. The van der Waals surface area contributed by atoms with Gasteiger partial charge in [0.2, 0.25) is 5.96 Å². The van der Waals surface area contributed by atoms with E-state index in [2.05, 4.69) is 20.7 Å². The zero-order valence-electron chi connectivity index (χ0n) is 12.5. The smallest absolute Gasteiger partial charge is 0.234 e. The molecule has 0 aliphatic heterocycles. The standard InChI is InChI=1S/C15H11Cl2F2N5.ClH/c16-11-3-1-9(13(18)5-11)7-21-23-15(20)24-22-8-10-2-4-12(17)6-14(10)19;/h1-8H,(H3,20,23,24);1H/b21-7+,22-8+;. The normalized spacial score (nSPS) is 11.8. The number of rotatable bonds is 4. The first-order chi connectivity index (χ1) is 11.5. The monoisotopic (exact) mass is 405 g/mol. The van der Waals surface area contributed by atoms with Gasteiger partial charge in [-0.05, 0) is 36.4 Å². The molecule has 3 N–H and O–H groups in total. The van der Waals surface area contributed by atoms with E-state index < -0.39 is 11.6 Å². The van der Waals surface area contributed by atoms with Crippen LogP contribution in [0.4, 0.5) is 8.78 Å². The van der Waals surface area contributed by atoms with Crippen LogP contribution in [0.25, 0.3) is 0 Å². The molecule has 0 aliphatic rings. The first-order valence-corrected chi connectivity index (χ1v) is 7.27. The minimum Gasteiger partial charge on any atom is -0.367 e. The highest BCUT2D eigenvalue weighted by atomic mass is 35.5. The van der Waals surface area contributed by atoms with Gasteiger partial charge in [0.1, 0.15) is 11.6 Å². The maximum absolute atomic E-state index is 13.5. The number of nitrogens with two attached hydrogens (primary N) is 1. The summed E-state index contributed by atoms with van der Waals surface area (Å²) in [5.74, 6) is -1.23. The van der Waals surface area contributed by atoms with Crippen molar-refractivity contribution in [3.05, 3.63) is 69.2 Å². The fourth-order valence-corrected chi connectivity index (χ4v) is 1.87. The fourth-order valence-electron chi connectivity index (χ4n) is 1.56. The lowest BCUT2D eigenvalue weighted by molar-refractivity contribution is 0.625. The highest BCUT2D eigenvalue weighted by Gasteiger charge is 2.00. The Morgan fingerprint density at radius 3 is 2.00 bits per heavy atom. The molecule has 0 amide bonds. The van der Waals surface area contributed by atoms with Crippen LogP contribution in [0.3, 0.4) is 0 Å². The predicted molar refractivity (Wildman–Crippen MR) is 100 cm³/mol. The maximum atomic E-state index is 13.5. The topological polar surface area (TPSA) is 75.1 Å². The number of hydrazone groups is 1. The number of nitrogens with zero attached hydrogens (tertiary/aromatic N) is 3. The van der Waals surface area contributed by atoms with Crippen LogP contribution in [0, 0.1) is 11.6 Å². The number of hydrogen-bond donors (Lipinski definition) is 2. The maximum Gasteiger partial charge on any atom is 0.234 e. The van der Waals surface area contributed by atoms with E-state index in [4.69, 9.17) is 28.9 Å². The molecule has 0 fully saturated rings. The van der Waals surface area contributed by atoms with Crippen LogP contribution in [0.15, 0.2) is 51.7 Å². The Hall–Kier alpha value is -2.22. The molecule has 0 radical (unpaired) electrons. The van der Waals surface area contributed by atoms with Crippen LogP contribution in [0.5, 0.6) is 0 Å². The number of hydrogen-bond acceptors (Lipinski definition) is 3. The van der Waals surface area contributed by atoms with Crippen LogP contribution < -0.4 is 11.2 Å². The molecular formula is C15H12Cl3F2N5. The molecule has 0 spiro atoms. The Labute approximate surface area is 158 Å². The third kappa shape index (κ3) is 6.66. The van der Waals surface area contributed by atoms with Crippen LogP contribution in [-0.4, -0.2) is 18.4 Å². The predicted octanol–water partition coefficient (Wildman–Crippen LogP) is 3.97. The molecule has 0 heterocycles. The summed E-state index contributed by atoms with van der Waals surface area (Å²) in [6.45, 7) is 0. The summed E-state index contributed by atoms with van der Waals surface area (Å²) in [7, 11) is 0. The molecule has 0 aliphatic carbocycles. The van der Waals surface area contributed by atoms with Crippen molar-refractivity contribution in [1.29, 1.82) is 0 Å². The van der Waals surface area contributed by atoms with Crippen molar-refractivity contribution >= 4 is 54.0 Å². The van der Waals surface area contributed by atoms with E-state index in [0.29, 0.717) is 0 Å². The summed E-state index contributed by atoms with van der Waals surface area (Å²) in [6.07, 6.45) is 2.37. The summed E-state index contributed by atoms with van der Waals surface area (Å²) in [5.41, 5.74) is 8.27. The Kier molecular flexibility index (Phi) is 8.27. The molecule has 25 heavy (non-hydrogen) atoms. The number of halogens is 5. The van der Waals surface area contributed by atoms with E-state index in [1.165, 1.54) is 36.7 Å². The van der Waals surface area contributed by atoms with Gasteiger partial charge in [0.05, 0.1) is 12.4 Å². The van der Waals surface area contributed by atoms with Crippen LogP contribution >= 0.6 is 35.6 Å². The largest absolute Gasteiger partial charge is 0.367 e. The average Bonchev–Trinajstić information content (AvgIpc) is 2.51. The van der Waals surface area contributed by atoms with Crippen LogP contribution in [0.2, 0.25) is 10.0 Å². The summed E-state index contributed by atoms with van der Waals surface area (Å²) in [6, 6.07) is 8.25. The van der Waals surface area contributed by atoms with Crippen molar-refractivity contribution in [2.24, 2.45) is 21.0 Å². The molecule has 132 valence electrons. The molecule has 0 aromatic heterocycles. The van der Waals surface area contributed by atoms with Gasteiger partial charge in [-0.25, -0.2) is 14.2 Å². The Morgan fingerprint density at radius 1 is 0.960 bits per heavy atom. The molecule has 0 unspecified atom stereocenters. The molecule has 0 saturated carbocycles. The van der Waals surface area contributed by atoms with E-state index in [-0.39, 0.29) is 39.5 Å². The summed E-state index contributed by atoms with van der Waals surface area (Å²) in [4.78, 5) is 0. The van der Waals surface area contributed by atoms with E-state index >= 15 is 0 Å². The first kappa shape index (κ1) is 20.8. The minimum absolute atomic E-state index is 0. The average molecular weight is 407 g/mol. The number of benzene rings is 2. The summed E-state index contributed by atoms with van der Waals surface area (Å²) in [5, 5.41) is 11.5. The van der Waals surface area contributed by atoms with Gasteiger partial charge in [0, 0.05) is 21.2 Å². The lowest BCUT2D eigenvalue weighted by Gasteiger charge is -1.98. The van der Waals surface area contributed by atoms with Crippen molar-refractivity contribution in [3.8, 4) is 0 Å². The Morgan fingerprint density at radius 2 is 1.48 bits per heavy atom. The fraction of sp³-hybridized carbons (Fsp3) is 0. The quantitative estimate of drug-likeness (QED) is 0.458. The van der Waals surface area contributed by atoms with E-state index in [9.17, 15) is 8.78 Å². The highest BCUT2D eigenvalue weighted by molar-refractivity contribution is 6.30. The molecule has 2 rings (SSSR count). The highest BCUT2D eigenvalue weighted by Crippen LogP contribution is 2.13. The number of guanidine groups is 1. The third-order valence-electron chi connectivity index (χ3n) is 2.67. The molecule has 5 nitrogen and oxygen atoms in total. The van der Waals surface area contributed by atoms with E-state index in [0.717, 1.165) is 12.1 Å². The van der Waals surface area contributed by atoms with Gasteiger partial charge in [-0.3, -0.25) is 0 Å². The van der Waals surface area contributed by atoms with Crippen molar-refractivity contribution in [2.75, 3.05) is 0 Å². The zero-order chi connectivity index (χ0) is 17.5. The van der Waals surface area contributed by atoms with Gasteiger partial charge >= 0.3 is 0 Å². The molecule has 2 aromatic rings. The van der Waals surface area contributed by atoms with Crippen molar-refractivity contribution in [1.82, 2.24) is 5.43 Å². The van der Waals surface area contributed by atoms with Crippen molar-refractivity contribution in [2.45, 2.75) is 0 Å². The van der Waals surface area contributed by atoms with Crippen molar-refractivity contribution < 1.29 is 8.78 Å². The van der Waals surface area contributed by atoms with Gasteiger partial charge in [-0.2, -0.15) is 10.2 Å². The second-order valence-electron chi connectivity index (χ2n) is 4.43. The molecule has 2 aromatic carbocycles. The Bertz CT molecular complexity index is 825. The molecular weight excluding hydrogens is 395 g/mol. The number of nitrogens with one attached hydrogen (secondary N) is 1. The van der Waals surface area contributed by atoms with Crippen LogP contribution in [0.1, 0.15) is 11.1 Å². The van der Waals surface area contributed by atoms with E-state index in [1.54, 1.807) is 0 Å². The first-order valence-electron chi connectivity index (χ1n) is 6.51. The van der Waals surface area contributed by atoms with Crippen molar-refractivity contribution in [3.63, 3.8) is 0 Å². The second-order valence-corrected chi connectivity index (χ2v) is 5.30. The van der Waals surface area contributed by atoms with Gasteiger partial charge in [-0.15, -0.1) is 17.5 Å². The van der Waals surface area contributed by atoms with Gasteiger partial charge in [0.25, 0.3) is 0 Å². The summed E-state index contributed by atoms with van der Waals surface area (Å²) < 4.78 is 27.0. The Balaban J connectivity index is 0.00000312. The minimum atomic E-state index is -0.538. The molecule has 0 atom stereocenters. The SMILES string of the molecule is Cl.N/C(=N\N=C\c1ccc(Cl)cc1F)N/N=C/c1ccc(Cl)cc1F. The molecule has 0 bridgehead atoms. The second kappa shape index (κ2) is 9.93. The molecule has 10 heteroatoms. The summed E-state index contributed by atoms with van der Waals surface area (Å²) >= 11 is 11.3. The van der Waals surface area contributed by atoms with Gasteiger partial charge < -0.3 is 5.73 Å². The van der Waals surface area contributed by atoms with Gasteiger partial charge in [0.15, 0.2) is 0 Å². The van der Waals surface area contributed by atoms with E-state index in [1.807, 2.05) is 0 Å². The lowest BCUT2D eigenvalue weighted by Crippen LogP contribution is -2.26. The third-order valence-corrected chi connectivity index (χ3v) is 3.14. The molecule has 0 saturated heterocycles. The van der Waals surface area contributed by atoms with Crippen LogP contribution in [-0.2, 0) is 0 Å².